The van der Waals surface area contributed by atoms with E-state index in [2.05, 4.69) is 17.2 Å². The van der Waals surface area contributed by atoms with Gasteiger partial charge < -0.3 is 5.32 Å². The van der Waals surface area contributed by atoms with Crippen molar-refractivity contribution in [2.75, 3.05) is 6.54 Å². The van der Waals surface area contributed by atoms with Gasteiger partial charge in [-0.2, -0.15) is 4.99 Å². The Bertz CT molecular complexity index is 394. The van der Waals surface area contributed by atoms with E-state index in [1.165, 1.54) is 50.5 Å². The summed E-state index contributed by atoms with van der Waals surface area (Å²) in [5.41, 5.74) is 1.88. The number of unbranched alkanes of at least 4 members (excludes halogenated alkanes) is 6. The van der Waals surface area contributed by atoms with Gasteiger partial charge in [-0.25, -0.2) is 4.79 Å². The smallest absolute Gasteiger partial charge is 0.240 e. The van der Waals surface area contributed by atoms with E-state index in [-0.39, 0.29) is 0 Å². The Morgan fingerprint density at radius 1 is 1.00 bits per heavy atom. The number of nitrogens with zero attached hydrogens (tertiary/aromatic N) is 1. The molecule has 110 valence electrons. The molecule has 1 aromatic carbocycles. The van der Waals surface area contributed by atoms with Crippen LogP contribution in [0.25, 0.3) is 0 Å². The Labute approximate surface area is 122 Å². The van der Waals surface area contributed by atoms with Crippen molar-refractivity contribution in [1.29, 1.82) is 0 Å². The zero-order valence-corrected chi connectivity index (χ0v) is 12.5. The van der Waals surface area contributed by atoms with E-state index >= 15 is 0 Å². The van der Waals surface area contributed by atoms with Crippen molar-refractivity contribution < 1.29 is 4.79 Å². The number of aliphatic imine (C=N–C) groups is 1. The van der Waals surface area contributed by atoms with Gasteiger partial charge in [-0.3, -0.25) is 0 Å². The van der Waals surface area contributed by atoms with Crippen LogP contribution < -0.4 is 5.32 Å². The fourth-order valence-corrected chi connectivity index (χ4v) is 2.18. The SMILES string of the molecule is CCCCCCCCCNCc1ccc(N=C=O)cc1. The molecule has 0 heterocycles. The summed E-state index contributed by atoms with van der Waals surface area (Å²) in [5.74, 6) is 0. The van der Waals surface area contributed by atoms with Crippen LogP contribution >= 0.6 is 0 Å². The highest BCUT2D eigenvalue weighted by atomic mass is 16.1. The molecule has 0 unspecified atom stereocenters. The molecule has 0 fully saturated rings. The molecule has 3 heteroatoms. The van der Waals surface area contributed by atoms with E-state index in [1.54, 1.807) is 6.08 Å². The maximum atomic E-state index is 10.1. The fraction of sp³-hybridized carbons (Fsp3) is 0.588. The second-order valence-corrected chi connectivity index (χ2v) is 5.17. The first-order chi connectivity index (χ1) is 9.86. The lowest BCUT2D eigenvalue weighted by atomic mass is 10.1. The molecule has 0 amide bonds. The largest absolute Gasteiger partial charge is 0.313 e. The summed E-state index contributed by atoms with van der Waals surface area (Å²) < 4.78 is 0. The van der Waals surface area contributed by atoms with Crippen molar-refractivity contribution in [3.05, 3.63) is 29.8 Å². The summed E-state index contributed by atoms with van der Waals surface area (Å²) in [7, 11) is 0. The van der Waals surface area contributed by atoms with Crippen molar-refractivity contribution in [3.63, 3.8) is 0 Å². The van der Waals surface area contributed by atoms with Gasteiger partial charge in [-0.05, 0) is 30.7 Å². The lowest BCUT2D eigenvalue weighted by molar-refractivity contribution is 0.562. The summed E-state index contributed by atoms with van der Waals surface area (Å²) in [6.07, 6.45) is 10.9. The van der Waals surface area contributed by atoms with Crippen LogP contribution in [0.5, 0.6) is 0 Å². The highest BCUT2D eigenvalue weighted by Gasteiger charge is 1.94. The lowest BCUT2D eigenvalue weighted by Crippen LogP contribution is -2.14. The predicted molar refractivity (Wildman–Crippen MR) is 83.9 cm³/mol. The van der Waals surface area contributed by atoms with Crippen molar-refractivity contribution in [1.82, 2.24) is 5.32 Å². The number of hydrogen-bond donors (Lipinski definition) is 1. The minimum Gasteiger partial charge on any atom is -0.313 e. The molecule has 0 spiro atoms. The Balaban J connectivity index is 2.02. The van der Waals surface area contributed by atoms with Crippen LogP contribution in [0.1, 0.15) is 57.4 Å². The quantitative estimate of drug-likeness (QED) is 0.367. The van der Waals surface area contributed by atoms with Crippen molar-refractivity contribution >= 4 is 11.8 Å². The molecule has 1 aromatic rings. The third-order valence-corrected chi connectivity index (χ3v) is 3.40. The standard InChI is InChI=1S/C17H26N2O/c1-2-3-4-5-6-7-8-13-18-14-16-9-11-17(12-10-16)19-15-20/h9-12,18H,2-8,13-14H2,1H3. The molecule has 0 saturated heterocycles. The van der Waals surface area contributed by atoms with Crippen LogP contribution in [0.2, 0.25) is 0 Å². The molecule has 0 saturated carbocycles. The third-order valence-electron chi connectivity index (χ3n) is 3.40. The maximum absolute atomic E-state index is 10.1. The Morgan fingerprint density at radius 2 is 1.65 bits per heavy atom. The first-order valence-electron chi connectivity index (χ1n) is 7.74. The van der Waals surface area contributed by atoms with Gasteiger partial charge >= 0.3 is 0 Å². The molecular weight excluding hydrogens is 248 g/mol. The summed E-state index contributed by atoms with van der Waals surface area (Å²) in [6, 6.07) is 7.67. The van der Waals surface area contributed by atoms with Gasteiger partial charge in [0.05, 0.1) is 5.69 Å². The van der Waals surface area contributed by atoms with Gasteiger partial charge in [-0.1, -0.05) is 57.6 Å². The van der Waals surface area contributed by atoms with Crippen LogP contribution in [0, 0.1) is 0 Å². The molecule has 3 nitrogen and oxygen atoms in total. The monoisotopic (exact) mass is 274 g/mol. The minimum absolute atomic E-state index is 0.663. The topological polar surface area (TPSA) is 41.5 Å². The zero-order chi connectivity index (χ0) is 14.5. The first-order valence-corrected chi connectivity index (χ1v) is 7.74. The van der Waals surface area contributed by atoms with Crippen LogP contribution in [0.15, 0.2) is 29.3 Å². The summed E-state index contributed by atoms with van der Waals surface area (Å²) in [4.78, 5) is 13.7. The highest BCUT2D eigenvalue weighted by Crippen LogP contribution is 2.12. The fourth-order valence-electron chi connectivity index (χ4n) is 2.18. The molecule has 0 aliphatic heterocycles. The van der Waals surface area contributed by atoms with Crippen molar-refractivity contribution in [2.24, 2.45) is 4.99 Å². The second kappa shape index (κ2) is 11.4. The van der Waals surface area contributed by atoms with E-state index in [9.17, 15) is 4.79 Å². The van der Waals surface area contributed by atoms with E-state index < -0.39 is 0 Å². The molecule has 1 N–H and O–H groups in total. The van der Waals surface area contributed by atoms with Gasteiger partial charge in [0.25, 0.3) is 0 Å². The number of nitrogens with one attached hydrogen (secondary N) is 1. The lowest BCUT2D eigenvalue weighted by Gasteiger charge is -2.05. The van der Waals surface area contributed by atoms with Crippen LogP contribution in [-0.2, 0) is 11.3 Å². The zero-order valence-electron chi connectivity index (χ0n) is 12.5. The Hall–Kier alpha value is -1.44. The third kappa shape index (κ3) is 7.88. The molecule has 0 radical (unpaired) electrons. The maximum Gasteiger partial charge on any atom is 0.240 e. The number of benzene rings is 1. The van der Waals surface area contributed by atoms with Crippen LogP contribution in [0.4, 0.5) is 5.69 Å². The molecule has 0 bridgehead atoms. The average Bonchev–Trinajstić information content (AvgIpc) is 2.47. The molecule has 0 aliphatic carbocycles. The van der Waals surface area contributed by atoms with Crippen LogP contribution in [0.3, 0.4) is 0 Å². The molecule has 0 aromatic heterocycles. The summed E-state index contributed by atoms with van der Waals surface area (Å²) in [5, 5.41) is 3.45. The number of rotatable bonds is 11. The second-order valence-electron chi connectivity index (χ2n) is 5.17. The van der Waals surface area contributed by atoms with Crippen molar-refractivity contribution in [3.8, 4) is 0 Å². The summed E-state index contributed by atoms with van der Waals surface area (Å²) in [6.45, 7) is 4.20. The van der Waals surface area contributed by atoms with Crippen molar-refractivity contribution in [2.45, 2.75) is 58.4 Å². The molecule has 0 aliphatic rings. The average molecular weight is 274 g/mol. The Morgan fingerprint density at radius 3 is 2.30 bits per heavy atom. The molecule has 0 atom stereocenters. The minimum atomic E-state index is 0.663. The number of carbonyl (C=O) groups excluding carboxylic acids is 1. The van der Waals surface area contributed by atoms with Gasteiger partial charge in [0.15, 0.2) is 0 Å². The first kappa shape index (κ1) is 16.6. The molecule has 1 rings (SSSR count). The van der Waals surface area contributed by atoms with Gasteiger partial charge in [-0.15, -0.1) is 0 Å². The van der Waals surface area contributed by atoms with E-state index in [4.69, 9.17) is 0 Å². The van der Waals surface area contributed by atoms with Crippen LogP contribution in [-0.4, -0.2) is 12.6 Å². The number of hydrogen-bond acceptors (Lipinski definition) is 3. The normalized spacial score (nSPS) is 10.2. The number of isocyanates is 1. The molecule has 20 heavy (non-hydrogen) atoms. The van der Waals surface area contributed by atoms with E-state index in [0.717, 1.165) is 13.1 Å². The molecular formula is C17H26N2O. The highest BCUT2D eigenvalue weighted by molar-refractivity contribution is 5.49. The van der Waals surface area contributed by atoms with Gasteiger partial charge in [0.1, 0.15) is 0 Å². The van der Waals surface area contributed by atoms with Gasteiger partial charge in [0, 0.05) is 6.54 Å². The summed E-state index contributed by atoms with van der Waals surface area (Å²) >= 11 is 0. The Kier molecular flexibility index (Phi) is 9.46. The van der Waals surface area contributed by atoms with Gasteiger partial charge in [0.2, 0.25) is 6.08 Å². The van der Waals surface area contributed by atoms with E-state index in [0.29, 0.717) is 5.69 Å². The predicted octanol–water partition coefficient (Wildman–Crippen LogP) is 4.49. The van der Waals surface area contributed by atoms with E-state index in [1.807, 2.05) is 24.3 Å².